The van der Waals surface area contributed by atoms with Crippen molar-refractivity contribution in [2.45, 2.75) is 41.0 Å². The molecule has 0 aliphatic heterocycles. The van der Waals surface area contributed by atoms with Gasteiger partial charge in [-0.1, -0.05) is 50.6 Å². The number of hydrogen-bond donors (Lipinski definition) is 0. The van der Waals surface area contributed by atoms with E-state index in [1.165, 1.54) is 23.1 Å². The number of allylic oxidation sites excluding steroid dienone is 2. The first-order chi connectivity index (χ1) is 8.93. The van der Waals surface area contributed by atoms with Crippen LogP contribution in [0.3, 0.4) is 0 Å². The first kappa shape index (κ1) is 20.7. The zero-order valence-electron chi connectivity index (χ0n) is 12.2. The average molecular weight is 634 g/mol. The van der Waals surface area contributed by atoms with Gasteiger partial charge in [-0.25, -0.2) is 0 Å². The second-order valence-electron chi connectivity index (χ2n) is 4.26. The van der Waals surface area contributed by atoms with Crippen LogP contribution in [-0.2, 0) is 11.3 Å². The van der Waals surface area contributed by atoms with Crippen molar-refractivity contribution in [3.05, 3.63) is 41.0 Å². The Balaban J connectivity index is 0.000000467. The van der Waals surface area contributed by atoms with Crippen molar-refractivity contribution in [3.63, 3.8) is 0 Å². The van der Waals surface area contributed by atoms with Gasteiger partial charge < -0.3 is 0 Å². The van der Waals surface area contributed by atoms with Gasteiger partial charge in [-0.05, 0) is 42.9 Å². The van der Waals surface area contributed by atoms with Crippen molar-refractivity contribution in [3.8, 4) is 0 Å². The molecule has 1 aliphatic carbocycles. The molecule has 0 fully saturated rings. The summed E-state index contributed by atoms with van der Waals surface area (Å²) in [6.07, 6.45) is 1.21. The molecule has 0 radical (unpaired) electrons. The van der Waals surface area contributed by atoms with Crippen molar-refractivity contribution in [2.24, 2.45) is 5.92 Å². The van der Waals surface area contributed by atoms with Crippen LogP contribution in [0.25, 0.3) is 5.57 Å². The van der Waals surface area contributed by atoms with Gasteiger partial charge in [-0.3, -0.25) is 0 Å². The van der Waals surface area contributed by atoms with E-state index in [1.54, 1.807) is 5.57 Å². The van der Waals surface area contributed by atoms with Crippen LogP contribution >= 0.6 is 59.9 Å². The van der Waals surface area contributed by atoms with Crippen LogP contribution < -0.4 is 0 Å². The van der Waals surface area contributed by atoms with Gasteiger partial charge in [-0.15, -0.1) is 0 Å². The minimum absolute atomic E-state index is 0.278. The van der Waals surface area contributed by atoms with E-state index in [0.717, 1.165) is 5.92 Å². The topological polar surface area (TPSA) is 0 Å². The van der Waals surface area contributed by atoms with Crippen LogP contribution in [0.15, 0.2) is 29.8 Å². The molecule has 1 unspecified atom stereocenters. The van der Waals surface area contributed by atoms with Gasteiger partial charge >= 0.3 is 64.9 Å². The average Bonchev–Trinajstić information content (AvgIpc) is 2.38. The molecule has 0 aromatic heterocycles. The molecule has 0 saturated carbocycles. The zero-order chi connectivity index (χ0) is 15.0. The van der Waals surface area contributed by atoms with E-state index in [0.29, 0.717) is 0 Å². The summed E-state index contributed by atoms with van der Waals surface area (Å²) < 4.78 is 0. The first-order valence-electron chi connectivity index (χ1n) is 6.46. The summed E-state index contributed by atoms with van der Waals surface area (Å²) in [6, 6.07) is 8.76. The summed E-state index contributed by atoms with van der Waals surface area (Å²) in [7, 11) is 0. The third-order valence-electron chi connectivity index (χ3n) is 3.28. The zero-order valence-corrected chi connectivity index (χ0v) is 20.0. The van der Waals surface area contributed by atoms with Crippen molar-refractivity contribution in [2.75, 3.05) is 0 Å². The maximum atomic E-state index is 2.46. The minimum atomic E-state index is -0.278. The standard InChI is InChI=1S/C13H16.C2H6.3HI.V/c1-9-8-12-6-4-5-7-13(12)11(3)10(9)2;1-2;;;;/h4-7,9H,8H2,1-3H3;1-2H3;3*1H;/q;;;;;+3/p-3. The molecule has 0 saturated heterocycles. The molecule has 4 heteroatoms. The van der Waals surface area contributed by atoms with E-state index in [9.17, 15) is 0 Å². The molecule has 1 aromatic carbocycles. The van der Waals surface area contributed by atoms with Crippen molar-refractivity contribution >= 4 is 65.5 Å². The molecular formula is C15H22I3V. The summed E-state index contributed by atoms with van der Waals surface area (Å²) in [5.41, 5.74) is 6.00. The monoisotopic (exact) mass is 634 g/mol. The summed E-state index contributed by atoms with van der Waals surface area (Å²) >= 11 is 7.39. The van der Waals surface area contributed by atoms with Crippen LogP contribution in [0.4, 0.5) is 0 Å². The molecule has 19 heavy (non-hydrogen) atoms. The van der Waals surface area contributed by atoms with Crippen molar-refractivity contribution in [1.82, 2.24) is 0 Å². The summed E-state index contributed by atoms with van der Waals surface area (Å²) in [6.45, 7) is 10.8. The van der Waals surface area contributed by atoms with Crippen LogP contribution in [0.1, 0.15) is 45.7 Å². The summed E-state index contributed by atoms with van der Waals surface area (Å²) in [5.74, 6) is 0.717. The van der Waals surface area contributed by atoms with Crippen LogP contribution in [0.2, 0.25) is 0 Å². The molecule has 0 spiro atoms. The van der Waals surface area contributed by atoms with Gasteiger partial charge in [0, 0.05) is 0 Å². The summed E-state index contributed by atoms with van der Waals surface area (Å²) in [4.78, 5) is -0.278. The van der Waals surface area contributed by atoms with E-state index >= 15 is 0 Å². The van der Waals surface area contributed by atoms with Gasteiger partial charge in [0.15, 0.2) is 0 Å². The normalized spacial score (nSPS) is 17.0. The van der Waals surface area contributed by atoms with E-state index in [4.69, 9.17) is 0 Å². The van der Waals surface area contributed by atoms with Gasteiger partial charge in [0.2, 0.25) is 0 Å². The van der Waals surface area contributed by atoms with Gasteiger partial charge in [0.05, 0.1) is 0 Å². The number of fused-ring (bicyclic) bond motifs is 1. The second-order valence-corrected chi connectivity index (χ2v) is 39.6. The fourth-order valence-corrected chi connectivity index (χ4v) is 2.13. The predicted octanol–water partition coefficient (Wildman–Crippen LogP) is 7.35. The van der Waals surface area contributed by atoms with Gasteiger partial charge in [0.25, 0.3) is 0 Å². The van der Waals surface area contributed by atoms with Crippen LogP contribution in [0.5, 0.6) is 0 Å². The van der Waals surface area contributed by atoms with Gasteiger partial charge in [-0.2, -0.15) is 0 Å². The number of benzene rings is 1. The number of halogens is 3. The van der Waals surface area contributed by atoms with Crippen molar-refractivity contribution in [1.29, 1.82) is 0 Å². The first-order valence-corrected chi connectivity index (χ1v) is 20.0. The fraction of sp³-hybridized carbons (Fsp3) is 0.467. The van der Waals surface area contributed by atoms with E-state index in [1.807, 2.05) is 13.8 Å². The molecule has 0 bridgehead atoms. The molecule has 0 amide bonds. The van der Waals surface area contributed by atoms with Gasteiger partial charge in [0.1, 0.15) is 0 Å². The Hall–Kier alpha value is 1.73. The molecule has 0 N–H and O–H groups in total. The Morgan fingerprint density at radius 1 is 1.05 bits per heavy atom. The predicted molar refractivity (Wildman–Crippen MR) is 111 cm³/mol. The number of hydrogen-bond acceptors (Lipinski definition) is 0. The molecule has 1 aromatic rings. The molecule has 0 heterocycles. The molecule has 1 atom stereocenters. The molecule has 0 nitrogen and oxygen atoms in total. The maximum absolute atomic E-state index is 2.46. The Labute approximate surface area is 156 Å². The van der Waals surface area contributed by atoms with Crippen molar-refractivity contribution < 1.29 is 4.92 Å². The molecule has 1 aliphatic rings. The Bertz CT molecular complexity index is 411. The van der Waals surface area contributed by atoms with Crippen LogP contribution in [0, 0.1) is 5.92 Å². The van der Waals surface area contributed by atoms with E-state index in [-0.39, 0.29) is 4.92 Å². The number of rotatable bonds is 0. The SMILES string of the molecule is CC.CC1=C(C)C(C)Cc2ccccc21.[I][V]([I])[I]. The summed E-state index contributed by atoms with van der Waals surface area (Å²) in [5, 5.41) is 0. The molecule has 108 valence electrons. The fourth-order valence-electron chi connectivity index (χ4n) is 2.13. The Kier molecular flexibility index (Phi) is 12.4. The third kappa shape index (κ3) is 7.52. The van der Waals surface area contributed by atoms with Crippen LogP contribution in [-0.4, -0.2) is 0 Å². The Morgan fingerprint density at radius 2 is 1.53 bits per heavy atom. The molecular weight excluding hydrogens is 612 g/mol. The second kappa shape index (κ2) is 11.3. The third-order valence-corrected chi connectivity index (χ3v) is 3.28. The Morgan fingerprint density at radius 3 is 2.05 bits per heavy atom. The quantitative estimate of drug-likeness (QED) is 0.262. The molecule has 2 rings (SSSR count). The van der Waals surface area contributed by atoms with E-state index < -0.39 is 0 Å². The van der Waals surface area contributed by atoms with E-state index in [2.05, 4.69) is 105 Å².